The van der Waals surface area contributed by atoms with Gasteiger partial charge in [0.15, 0.2) is 5.82 Å². The van der Waals surface area contributed by atoms with E-state index in [1.165, 1.54) is 35.1 Å². The number of hydrogen-bond donors (Lipinski definition) is 2. The summed E-state index contributed by atoms with van der Waals surface area (Å²) in [6.07, 6.45) is 3.99. The Kier molecular flexibility index (Phi) is 6.17. The van der Waals surface area contributed by atoms with Gasteiger partial charge in [0.1, 0.15) is 17.0 Å². The third-order valence-electron chi connectivity index (χ3n) is 4.75. The van der Waals surface area contributed by atoms with Crippen molar-refractivity contribution in [2.75, 3.05) is 5.43 Å². The van der Waals surface area contributed by atoms with Gasteiger partial charge in [-0.2, -0.15) is 5.10 Å². The van der Waals surface area contributed by atoms with Crippen LogP contribution in [-0.4, -0.2) is 21.3 Å². The van der Waals surface area contributed by atoms with Crippen molar-refractivity contribution in [3.63, 3.8) is 0 Å². The van der Waals surface area contributed by atoms with E-state index in [0.29, 0.717) is 24.2 Å². The third kappa shape index (κ3) is 4.40. The number of aliphatic hydroxyl groups excluding tert-OH is 1. The summed E-state index contributed by atoms with van der Waals surface area (Å²) in [5, 5.41) is 15.2. The van der Waals surface area contributed by atoms with Gasteiger partial charge in [-0.1, -0.05) is 25.1 Å². The van der Waals surface area contributed by atoms with Gasteiger partial charge in [-0.05, 0) is 42.7 Å². The van der Waals surface area contributed by atoms with Gasteiger partial charge in [0, 0.05) is 16.2 Å². The van der Waals surface area contributed by atoms with E-state index >= 15 is 0 Å². The molecule has 30 heavy (non-hydrogen) atoms. The van der Waals surface area contributed by atoms with Crippen LogP contribution in [-0.2, 0) is 6.42 Å². The predicted molar refractivity (Wildman–Crippen MR) is 122 cm³/mol. The second-order valence-electron chi connectivity index (χ2n) is 6.91. The Morgan fingerprint density at radius 3 is 2.87 bits per heavy atom. The number of hydrazone groups is 1. The highest BCUT2D eigenvalue weighted by atomic mass is 32.1. The summed E-state index contributed by atoms with van der Waals surface area (Å²) in [5.74, 6) is 0.401. The maximum atomic E-state index is 14.0. The second kappa shape index (κ2) is 8.99. The number of nitrogens with one attached hydrogen (secondary N) is 1. The van der Waals surface area contributed by atoms with E-state index in [9.17, 15) is 9.50 Å². The first-order chi connectivity index (χ1) is 14.5. The molecule has 3 heterocycles. The van der Waals surface area contributed by atoms with Gasteiger partial charge in [0.05, 0.1) is 22.6 Å². The molecule has 0 saturated carbocycles. The molecule has 1 atom stereocenters. The molecule has 0 saturated heterocycles. The van der Waals surface area contributed by atoms with E-state index in [4.69, 9.17) is 0 Å². The van der Waals surface area contributed by atoms with Crippen LogP contribution in [0.25, 0.3) is 10.2 Å². The quantitative estimate of drug-likeness (QED) is 0.286. The van der Waals surface area contributed by atoms with Crippen molar-refractivity contribution in [2.45, 2.75) is 32.8 Å². The van der Waals surface area contributed by atoms with E-state index in [1.807, 2.05) is 32.0 Å². The Bertz CT molecular complexity index is 1200. The summed E-state index contributed by atoms with van der Waals surface area (Å²) < 4.78 is 14.0. The third-order valence-corrected chi connectivity index (χ3v) is 7.06. The van der Waals surface area contributed by atoms with E-state index in [0.717, 1.165) is 30.4 Å². The van der Waals surface area contributed by atoms with Gasteiger partial charge in [-0.15, -0.1) is 22.7 Å². The molecule has 3 aromatic heterocycles. The lowest BCUT2D eigenvalue weighted by atomic mass is 10.1. The number of anilines is 1. The van der Waals surface area contributed by atoms with Crippen LogP contribution in [0.1, 0.15) is 45.2 Å². The molecule has 0 spiro atoms. The smallest absolute Gasteiger partial charge is 0.158 e. The molecule has 0 bridgehead atoms. The Hall–Kier alpha value is -2.68. The van der Waals surface area contributed by atoms with E-state index in [-0.39, 0.29) is 5.82 Å². The first-order valence-electron chi connectivity index (χ1n) is 9.59. The Morgan fingerprint density at radius 2 is 2.07 bits per heavy atom. The van der Waals surface area contributed by atoms with Crippen LogP contribution >= 0.6 is 22.7 Å². The fourth-order valence-electron chi connectivity index (χ4n) is 3.08. The largest absolute Gasteiger partial charge is 0.388 e. The molecule has 0 amide bonds. The van der Waals surface area contributed by atoms with Crippen LogP contribution < -0.4 is 5.43 Å². The number of aryl methyl sites for hydroxylation is 1. The molecule has 1 aromatic carbocycles. The topological polar surface area (TPSA) is 70.4 Å². The monoisotopic (exact) mass is 440 g/mol. The zero-order valence-corrected chi connectivity index (χ0v) is 18.2. The summed E-state index contributed by atoms with van der Waals surface area (Å²) in [5.41, 5.74) is 4.73. The number of rotatable bonds is 7. The molecule has 4 aromatic rings. The summed E-state index contributed by atoms with van der Waals surface area (Å²) in [6.45, 7) is 3.96. The SMILES string of the molecule is CCC(O)c1cc(C)c(C=NNc2ncnc3sc(Cc4ccccc4F)cc23)s1. The van der Waals surface area contributed by atoms with Crippen LogP contribution in [0.4, 0.5) is 10.2 Å². The van der Waals surface area contributed by atoms with Gasteiger partial charge in [0.2, 0.25) is 0 Å². The highest BCUT2D eigenvalue weighted by Gasteiger charge is 2.12. The maximum absolute atomic E-state index is 14.0. The number of benzene rings is 1. The fourth-order valence-corrected chi connectivity index (χ4v) is 5.21. The Labute approximate surface area is 182 Å². The zero-order chi connectivity index (χ0) is 21.1. The Morgan fingerprint density at radius 1 is 1.23 bits per heavy atom. The standard InChI is InChI=1S/C22H21FN4OS2/c1-3-18(28)19-8-13(2)20(30-19)11-26-27-21-16-10-15(29-22(16)25-12-24-21)9-14-6-4-5-7-17(14)23/h4-8,10-12,18,28H,3,9H2,1-2H3,(H,24,25,27). The van der Waals surface area contributed by atoms with Crippen molar-refractivity contribution in [2.24, 2.45) is 5.10 Å². The number of nitrogens with zero attached hydrogens (tertiary/aromatic N) is 3. The van der Waals surface area contributed by atoms with Crippen molar-refractivity contribution in [3.05, 3.63) is 74.3 Å². The van der Waals surface area contributed by atoms with Crippen LogP contribution in [0.3, 0.4) is 0 Å². The second-order valence-corrected chi connectivity index (χ2v) is 9.14. The van der Waals surface area contributed by atoms with Gasteiger partial charge in [-0.3, -0.25) is 5.43 Å². The number of aliphatic hydroxyl groups is 1. The molecule has 0 aliphatic rings. The van der Waals surface area contributed by atoms with Crippen molar-refractivity contribution in [3.8, 4) is 0 Å². The number of halogens is 1. The summed E-state index contributed by atoms with van der Waals surface area (Å²) in [7, 11) is 0. The molecule has 5 nitrogen and oxygen atoms in total. The van der Waals surface area contributed by atoms with Gasteiger partial charge < -0.3 is 5.11 Å². The molecule has 0 fully saturated rings. The van der Waals surface area contributed by atoms with Crippen LogP contribution in [0, 0.1) is 12.7 Å². The molecule has 154 valence electrons. The van der Waals surface area contributed by atoms with E-state index < -0.39 is 6.10 Å². The highest BCUT2D eigenvalue weighted by Crippen LogP contribution is 2.31. The summed E-state index contributed by atoms with van der Waals surface area (Å²) >= 11 is 3.05. The minimum atomic E-state index is -0.441. The maximum Gasteiger partial charge on any atom is 0.158 e. The number of thiophene rings is 2. The molecule has 2 N–H and O–H groups in total. The van der Waals surface area contributed by atoms with E-state index in [1.54, 1.807) is 18.3 Å². The van der Waals surface area contributed by atoms with Crippen molar-refractivity contribution in [1.82, 2.24) is 9.97 Å². The molecule has 1 unspecified atom stereocenters. The van der Waals surface area contributed by atoms with Crippen LogP contribution in [0.2, 0.25) is 0 Å². The van der Waals surface area contributed by atoms with Gasteiger partial charge in [0.25, 0.3) is 0 Å². The highest BCUT2D eigenvalue weighted by molar-refractivity contribution is 7.18. The van der Waals surface area contributed by atoms with Crippen molar-refractivity contribution in [1.29, 1.82) is 0 Å². The van der Waals surface area contributed by atoms with Crippen LogP contribution in [0.15, 0.2) is 47.8 Å². The van der Waals surface area contributed by atoms with Crippen molar-refractivity contribution >= 4 is 44.9 Å². The molecule has 0 aliphatic heterocycles. The lowest BCUT2D eigenvalue weighted by Crippen LogP contribution is -1.94. The lowest BCUT2D eigenvalue weighted by molar-refractivity contribution is 0.177. The minimum Gasteiger partial charge on any atom is -0.388 e. The molecule has 8 heteroatoms. The first-order valence-corrected chi connectivity index (χ1v) is 11.2. The van der Waals surface area contributed by atoms with Crippen molar-refractivity contribution < 1.29 is 9.50 Å². The lowest BCUT2D eigenvalue weighted by Gasteiger charge is -2.02. The number of fused-ring (bicyclic) bond motifs is 1. The molecule has 0 radical (unpaired) electrons. The van der Waals surface area contributed by atoms with E-state index in [2.05, 4.69) is 20.5 Å². The van der Waals surface area contributed by atoms with Gasteiger partial charge >= 0.3 is 0 Å². The Balaban J connectivity index is 1.53. The van der Waals surface area contributed by atoms with Gasteiger partial charge in [-0.25, -0.2) is 14.4 Å². The zero-order valence-electron chi connectivity index (χ0n) is 16.6. The van der Waals surface area contributed by atoms with Crippen LogP contribution in [0.5, 0.6) is 0 Å². The normalized spacial score (nSPS) is 12.7. The molecule has 4 rings (SSSR count). The average Bonchev–Trinajstić information content (AvgIpc) is 3.33. The summed E-state index contributed by atoms with van der Waals surface area (Å²) in [6, 6.07) is 10.8. The first kappa shape index (κ1) is 20.6. The average molecular weight is 441 g/mol. The number of hydrogen-bond acceptors (Lipinski definition) is 7. The molecular weight excluding hydrogens is 419 g/mol. The molecule has 0 aliphatic carbocycles. The fraction of sp³-hybridized carbons (Fsp3) is 0.227. The number of aromatic nitrogens is 2. The summed E-state index contributed by atoms with van der Waals surface area (Å²) in [4.78, 5) is 12.4. The minimum absolute atomic E-state index is 0.206. The molecular formula is C22H21FN4OS2. The predicted octanol–water partition coefficient (Wildman–Crippen LogP) is 5.68.